The van der Waals surface area contributed by atoms with Crippen LogP contribution in [0.5, 0.6) is 0 Å². The Balaban J connectivity index is 2.61. The van der Waals surface area contributed by atoms with Gasteiger partial charge in [-0.15, -0.1) is 0 Å². The first-order chi connectivity index (χ1) is 10.8. The van der Waals surface area contributed by atoms with Crippen molar-refractivity contribution in [2.75, 3.05) is 5.32 Å². The molecule has 0 amide bonds. The van der Waals surface area contributed by atoms with Crippen LogP contribution in [0.2, 0.25) is 5.02 Å². The van der Waals surface area contributed by atoms with Crippen LogP contribution in [0.1, 0.15) is 50.7 Å². The number of hydrogen-bond donors (Lipinski definition) is 1. The number of para-hydroxylation sites is 2. The summed E-state index contributed by atoms with van der Waals surface area (Å²) in [5, 5.41) is 15.2. The van der Waals surface area contributed by atoms with Gasteiger partial charge in [-0.1, -0.05) is 51.4 Å². The van der Waals surface area contributed by atoms with E-state index < -0.39 is 0 Å². The lowest BCUT2D eigenvalue weighted by molar-refractivity contribution is -0.383. The largest absolute Gasteiger partial charge is 0.349 e. The highest BCUT2D eigenvalue weighted by atomic mass is 35.5. The molecule has 23 heavy (non-hydrogen) atoms. The van der Waals surface area contributed by atoms with Crippen LogP contribution in [0.25, 0.3) is 0 Å². The van der Waals surface area contributed by atoms with Gasteiger partial charge in [0.05, 0.1) is 4.92 Å². The molecule has 0 aromatic heterocycles. The summed E-state index contributed by atoms with van der Waals surface area (Å²) in [6, 6.07) is 10.5. The molecule has 0 atom stereocenters. The number of nitro benzene ring substituents is 1. The van der Waals surface area contributed by atoms with E-state index in [1.54, 1.807) is 18.2 Å². The molecule has 0 bridgehead atoms. The van der Waals surface area contributed by atoms with Crippen molar-refractivity contribution in [3.8, 4) is 0 Å². The summed E-state index contributed by atoms with van der Waals surface area (Å²) in [5.41, 5.74) is 3.57. The summed E-state index contributed by atoms with van der Waals surface area (Å²) in [4.78, 5) is 10.9. The number of nitrogens with zero attached hydrogens (tertiary/aromatic N) is 1. The zero-order valence-electron chi connectivity index (χ0n) is 13.8. The molecular weight excluding hydrogens is 312 g/mol. The molecular formula is C18H21ClN2O2. The van der Waals surface area contributed by atoms with Crippen molar-refractivity contribution < 1.29 is 4.92 Å². The van der Waals surface area contributed by atoms with Crippen LogP contribution < -0.4 is 5.32 Å². The number of halogens is 1. The molecule has 0 aliphatic rings. The Hall–Kier alpha value is -2.07. The van der Waals surface area contributed by atoms with E-state index >= 15 is 0 Å². The van der Waals surface area contributed by atoms with Crippen molar-refractivity contribution >= 4 is 28.7 Å². The first-order valence-electron chi connectivity index (χ1n) is 7.65. The maximum atomic E-state index is 11.2. The van der Waals surface area contributed by atoms with Gasteiger partial charge in [-0.25, -0.2) is 0 Å². The molecule has 2 aromatic carbocycles. The minimum Gasteiger partial charge on any atom is -0.349 e. The van der Waals surface area contributed by atoms with E-state index in [-0.39, 0.29) is 22.4 Å². The second kappa shape index (κ2) is 7.01. The van der Waals surface area contributed by atoms with Crippen LogP contribution in [0, 0.1) is 10.1 Å². The Morgan fingerprint density at radius 3 is 2.04 bits per heavy atom. The summed E-state index contributed by atoms with van der Waals surface area (Å²) >= 11 is 6.26. The van der Waals surface area contributed by atoms with Gasteiger partial charge in [0.25, 0.3) is 5.69 Å². The van der Waals surface area contributed by atoms with Gasteiger partial charge < -0.3 is 5.32 Å². The summed E-state index contributed by atoms with van der Waals surface area (Å²) < 4.78 is 0. The maximum Gasteiger partial charge on any atom is 0.292 e. The van der Waals surface area contributed by atoms with Gasteiger partial charge in [-0.05, 0) is 41.2 Å². The van der Waals surface area contributed by atoms with Gasteiger partial charge in [0, 0.05) is 16.8 Å². The van der Waals surface area contributed by atoms with E-state index in [4.69, 9.17) is 11.6 Å². The molecule has 122 valence electrons. The molecule has 0 spiro atoms. The third kappa shape index (κ3) is 3.82. The van der Waals surface area contributed by atoms with Crippen LogP contribution in [0.4, 0.5) is 17.1 Å². The third-order valence-electron chi connectivity index (χ3n) is 3.77. The van der Waals surface area contributed by atoms with E-state index in [0.29, 0.717) is 10.7 Å². The first-order valence-corrected chi connectivity index (χ1v) is 8.02. The van der Waals surface area contributed by atoms with Crippen molar-refractivity contribution in [1.29, 1.82) is 0 Å². The Kier molecular flexibility index (Phi) is 5.26. The molecule has 0 radical (unpaired) electrons. The normalized spacial score (nSPS) is 11.1. The van der Waals surface area contributed by atoms with E-state index in [1.165, 1.54) is 6.07 Å². The lowest BCUT2D eigenvalue weighted by atomic mass is 9.92. The monoisotopic (exact) mass is 332 g/mol. The van der Waals surface area contributed by atoms with Crippen LogP contribution in [-0.4, -0.2) is 4.92 Å². The Morgan fingerprint density at radius 2 is 1.57 bits per heavy atom. The summed E-state index contributed by atoms with van der Waals surface area (Å²) in [7, 11) is 0. The number of nitro groups is 1. The van der Waals surface area contributed by atoms with Crippen LogP contribution >= 0.6 is 11.6 Å². The van der Waals surface area contributed by atoms with E-state index in [2.05, 4.69) is 33.0 Å². The molecule has 0 saturated heterocycles. The molecule has 2 aromatic rings. The average Bonchev–Trinajstić information content (AvgIpc) is 2.48. The van der Waals surface area contributed by atoms with Crippen molar-refractivity contribution in [2.45, 2.75) is 39.5 Å². The van der Waals surface area contributed by atoms with Gasteiger partial charge in [0.1, 0.15) is 5.69 Å². The molecule has 0 unspecified atom stereocenters. The van der Waals surface area contributed by atoms with Gasteiger partial charge in [0.15, 0.2) is 0 Å². The average molecular weight is 333 g/mol. The fourth-order valence-corrected chi connectivity index (χ4v) is 2.81. The minimum atomic E-state index is -0.373. The number of rotatable bonds is 5. The predicted molar refractivity (Wildman–Crippen MR) is 96.0 cm³/mol. The first kappa shape index (κ1) is 17.3. The Bertz CT molecular complexity index is 698. The highest BCUT2D eigenvalue weighted by Crippen LogP contribution is 2.38. The van der Waals surface area contributed by atoms with Gasteiger partial charge in [-0.3, -0.25) is 10.1 Å². The molecule has 0 fully saturated rings. The van der Waals surface area contributed by atoms with E-state index in [1.807, 2.05) is 12.1 Å². The Morgan fingerprint density at radius 1 is 1.04 bits per heavy atom. The lowest BCUT2D eigenvalue weighted by Gasteiger charge is -2.21. The number of nitrogens with one attached hydrogen (secondary N) is 1. The topological polar surface area (TPSA) is 55.2 Å². The molecule has 0 aliphatic heterocycles. The highest BCUT2D eigenvalue weighted by Gasteiger charge is 2.19. The standard InChI is InChI=1S/C18H21ClN2O2/c1-11(2)14-9-13(19)10-15(12(3)4)18(14)20-16-7-5-6-8-17(16)21(22)23/h5-12,20H,1-4H3. The molecule has 0 saturated carbocycles. The van der Waals surface area contributed by atoms with Crippen molar-refractivity contribution in [3.05, 3.63) is 62.7 Å². The summed E-state index contributed by atoms with van der Waals surface area (Å²) in [6.45, 7) is 8.33. The fraction of sp³-hybridized carbons (Fsp3) is 0.333. The van der Waals surface area contributed by atoms with Gasteiger partial charge >= 0.3 is 0 Å². The second-order valence-electron chi connectivity index (χ2n) is 6.17. The van der Waals surface area contributed by atoms with Gasteiger partial charge in [-0.2, -0.15) is 0 Å². The number of hydrogen-bond acceptors (Lipinski definition) is 3. The minimum absolute atomic E-state index is 0.0619. The summed E-state index contributed by atoms with van der Waals surface area (Å²) in [6.07, 6.45) is 0. The maximum absolute atomic E-state index is 11.2. The Labute approximate surface area is 141 Å². The molecule has 4 nitrogen and oxygen atoms in total. The van der Waals surface area contributed by atoms with Crippen molar-refractivity contribution in [1.82, 2.24) is 0 Å². The zero-order chi connectivity index (χ0) is 17.1. The van der Waals surface area contributed by atoms with Crippen molar-refractivity contribution in [2.24, 2.45) is 0 Å². The smallest absolute Gasteiger partial charge is 0.292 e. The quantitative estimate of drug-likeness (QED) is 0.521. The van der Waals surface area contributed by atoms with E-state index in [0.717, 1.165) is 16.8 Å². The van der Waals surface area contributed by atoms with Gasteiger partial charge in [0.2, 0.25) is 0 Å². The molecule has 2 rings (SSSR count). The van der Waals surface area contributed by atoms with Crippen LogP contribution in [-0.2, 0) is 0 Å². The molecule has 0 aliphatic carbocycles. The predicted octanol–water partition coefficient (Wildman–Crippen LogP) is 6.24. The second-order valence-corrected chi connectivity index (χ2v) is 6.60. The SMILES string of the molecule is CC(C)c1cc(Cl)cc(C(C)C)c1Nc1ccccc1[N+](=O)[O-]. The highest BCUT2D eigenvalue weighted by molar-refractivity contribution is 6.30. The summed E-state index contributed by atoms with van der Waals surface area (Å²) in [5.74, 6) is 0.493. The van der Waals surface area contributed by atoms with Crippen LogP contribution in [0.3, 0.4) is 0 Å². The van der Waals surface area contributed by atoms with Crippen molar-refractivity contribution in [3.63, 3.8) is 0 Å². The molecule has 1 N–H and O–H groups in total. The number of benzene rings is 2. The fourth-order valence-electron chi connectivity index (χ4n) is 2.58. The lowest BCUT2D eigenvalue weighted by Crippen LogP contribution is -2.05. The zero-order valence-corrected chi connectivity index (χ0v) is 14.5. The van der Waals surface area contributed by atoms with E-state index in [9.17, 15) is 10.1 Å². The molecule has 5 heteroatoms. The molecule has 0 heterocycles. The van der Waals surface area contributed by atoms with Crippen LogP contribution in [0.15, 0.2) is 36.4 Å². The third-order valence-corrected chi connectivity index (χ3v) is 3.99. The number of anilines is 2.